The van der Waals surface area contributed by atoms with Crippen molar-refractivity contribution in [3.05, 3.63) is 0 Å². The van der Waals surface area contributed by atoms with E-state index in [0.717, 1.165) is 19.6 Å². The molecule has 0 aromatic carbocycles. The largest absolute Gasteiger partial charge is 0.316 e. The minimum Gasteiger partial charge on any atom is -0.316 e. The Morgan fingerprint density at radius 3 is 1.93 bits per heavy atom. The average Bonchev–Trinajstić information content (AvgIpc) is 1.93. The maximum absolute atomic E-state index is 3.56. The van der Waals surface area contributed by atoms with Crippen LogP contribution in [0.5, 0.6) is 0 Å². The van der Waals surface area contributed by atoms with Gasteiger partial charge in [-0.1, -0.05) is 34.6 Å². The molecule has 0 aliphatic heterocycles. The second-order valence-corrected chi connectivity index (χ2v) is 6.89. The minimum absolute atomic E-state index is 0.362. The first kappa shape index (κ1) is 14.9. The van der Waals surface area contributed by atoms with Crippen LogP contribution in [0.25, 0.3) is 0 Å². The smallest absolute Gasteiger partial charge is 0.00387 e. The van der Waals surface area contributed by atoms with Gasteiger partial charge in [-0.05, 0) is 37.9 Å². The Hall–Kier alpha value is -0.0800. The summed E-state index contributed by atoms with van der Waals surface area (Å²) in [6.07, 6.45) is 1.24. The second-order valence-electron chi connectivity index (χ2n) is 6.89. The highest BCUT2D eigenvalue weighted by Crippen LogP contribution is 2.18. The number of nitrogens with one attached hydrogen (secondary N) is 1. The molecule has 2 nitrogen and oxygen atoms in total. The van der Waals surface area contributed by atoms with E-state index in [1.807, 2.05) is 0 Å². The molecule has 0 aromatic heterocycles. The molecule has 0 spiro atoms. The molecule has 0 bridgehead atoms. The van der Waals surface area contributed by atoms with Gasteiger partial charge in [0.1, 0.15) is 0 Å². The molecule has 0 rings (SSSR count). The third-order valence-corrected chi connectivity index (χ3v) is 2.40. The zero-order valence-electron chi connectivity index (χ0n) is 11.8. The van der Waals surface area contributed by atoms with Gasteiger partial charge in [0, 0.05) is 13.1 Å². The first-order valence-electron chi connectivity index (χ1n) is 5.98. The zero-order valence-corrected chi connectivity index (χ0v) is 11.8. The fourth-order valence-corrected chi connectivity index (χ4v) is 1.80. The van der Waals surface area contributed by atoms with Gasteiger partial charge in [-0.2, -0.15) is 0 Å². The van der Waals surface area contributed by atoms with Crippen LogP contribution in [0.3, 0.4) is 0 Å². The highest BCUT2D eigenvalue weighted by molar-refractivity contribution is 4.74. The maximum atomic E-state index is 3.56. The van der Waals surface area contributed by atoms with E-state index < -0.39 is 0 Å². The van der Waals surface area contributed by atoms with Crippen molar-refractivity contribution in [1.29, 1.82) is 0 Å². The molecular weight excluding hydrogens is 184 g/mol. The lowest BCUT2D eigenvalue weighted by Gasteiger charge is -2.29. The molecule has 0 aliphatic carbocycles. The Balaban J connectivity index is 3.66. The van der Waals surface area contributed by atoms with Crippen LogP contribution in [-0.4, -0.2) is 38.6 Å². The molecule has 1 N–H and O–H groups in total. The summed E-state index contributed by atoms with van der Waals surface area (Å²) in [6, 6.07) is 0. The molecule has 0 aliphatic rings. The first-order chi connectivity index (χ1) is 6.62. The lowest BCUT2D eigenvalue weighted by atomic mass is 9.91. The molecule has 0 heterocycles. The Kier molecular flexibility index (Phi) is 5.82. The van der Waals surface area contributed by atoms with Crippen LogP contribution in [0, 0.1) is 10.8 Å². The molecule has 0 saturated heterocycles. The maximum Gasteiger partial charge on any atom is 0.00387 e. The molecule has 15 heavy (non-hydrogen) atoms. The quantitative estimate of drug-likeness (QED) is 0.684. The number of rotatable bonds is 6. The molecule has 0 fully saturated rings. The van der Waals surface area contributed by atoms with Gasteiger partial charge < -0.3 is 10.2 Å². The fourth-order valence-electron chi connectivity index (χ4n) is 1.80. The van der Waals surface area contributed by atoms with Crippen LogP contribution >= 0.6 is 0 Å². The van der Waals surface area contributed by atoms with Crippen LogP contribution in [0.15, 0.2) is 0 Å². The highest BCUT2D eigenvalue weighted by Gasteiger charge is 2.18. The average molecular weight is 214 g/mol. The second kappa shape index (κ2) is 5.86. The van der Waals surface area contributed by atoms with Gasteiger partial charge in [0.05, 0.1) is 0 Å². The predicted molar refractivity (Wildman–Crippen MR) is 69.3 cm³/mol. The molecule has 0 saturated carbocycles. The molecule has 0 radical (unpaired) electrons. The normalized spacial score (nSPS) is 13.6. The van der Waals surface area contributed by atoms with Crippen molar-refractivity contribution < 1.29 is 0 Å². The number of hydrogen-bond acceptors (Lipinski definition) is 2. The van der Waals surface area contributed by atoms with E-state index in [0.29, 0.717) is 10.8 Å². The predicted octanol–water partition coefficient (Wildman–Crippen LogP) is 2.60. The third-order valence-electron chi connectivity index (χ3n) is 2.40. The summed E-state index contributed by atoms with van der Waals surface area (Å²) in [5, 5.41) is 3.56. The summed E-state index contributed by atoms with van der Waals surface area (Å²) in [5.41, 5.74) is 0.806. The van der Waals surface area contributed by atoms with E-state index in [-0.39, 0.29) is 0 Å². The van der Waals surface area contributed by atoms with E-state index in [1.54, 1.807) is 0 Å². The van der Waals surface area contributed by atoms with Gasteiger partial charge in [0.2, 0.25) is 0 Å². The number of hydrogen-bond donors (Lipinski definition) is 1. The monoisotopic (exact) mass is 214 g/mol. The summed E-state index contributed by atoms with van der Waals surface area (Å²) >= 11 is 0. The lowest BCUT2D eigenvalue weighted by Crippen LogP contribution is -2.38. The Morgan fingerprint density at radius 1 is 1.00 bits per heavy atom. The van der Waals surface area contributed by atoms with Gasteiger partial charge in [0.25, 0.3) is 0 Å². The Bertz CT molecular complexity index is 166. The van der Waals surface area contributed by atoms with E-state index in [2.05, 4.69) is 58.9 Å². The molecule has 0 atom stereocenters. The van der Waals surface area contributed by atoms with Crippen molar-refractivity contribution in [2.45, 2.75) is 41.0 Å². The van der Waals surface area contributed by atoms with E-state index in [9.17, 15) is 0 Å². The molecular formula is C13H30N2. The standard InChI is InChI=1S/C13H30N2/c1-12(2,3)8-9-14-10-13(4,5)11-15(6)7/h14H,8-11H2,1-7H3. The topological polar surface area (TPSA) is 15.3 Å². The molecule has 0 amide bonds. The van der Waals surface area contributed by atoms with Gasteiger partial charge >= 0.3 is 0 Å². The first-order valence-corrected chi connectivity index (χ1v) is 5.98. The minimum atomic E-state index is 0.362. The third kappa shape index (κ3) is 10.2. The lowest BCUT2D eigenvalue weighted by molar-refractivity contribution is 0.228. The summed E-state index contributed by atoms with van der Waals surface area (Å²) in [6.45, 7) is 14.9. The highest BCUT2D eigenvalue weighted by atomic mass is 15.1. The Morgan fingerprint density at radius 2 is 1.53 bits per heavy atom. The fraction of sp³-hybridized carbons (Fsp3) is 1.00. The van der Waals surface area contributed by atoms with E-state index >= 15 is 0 Å². The summed E-state index contributed by atoms with van der Waals surface area (Å²) in [5.74, 6) is 0. The summed E-state index contributed by atoms with van der Waals surface area (Å²) in [7, 11) is 4.27. The van der Waals surface area contributed by atoms with Gasteiger partial charge in [-0.25, -0.2) is 0 Å². The van der Waals surface area contributed by atoms with Gasteiger partial charge in [-0.3, -0.25) is 0 Å². The van der Waals surface area contributed by atoms with Crippen molar-refractivity contribution in [2.24, 2.45) is 10.8 Å². The van der Waals surface area contributed by atoms with Gasteiger partial charge in [0.15, 0.2) is 0 Å². The summed E-state index contributed by atoms with van der Waals surface area (Å²) in [4.78, 5) is 2.26. The molecule has 92 valence electrons. The molecule has 2 heteroatoms. The van der Waals surface area contributed by atoms with Crippen molar-refractivity contribution in [2.75, 3.05) is 33.7 Å². The van der Waals surface area contributed by atoms with Crippen LogP contribution < -0.4 is 5.32 Å². The molecule has 0 aromatic rings. The Labute approximate surface area is 96.4 Å². The van der Waals surface area contributed by atoms with Gasteiger partial charge in [-0.15, -0.1) is 0 Å². The number of nitrogens with zero attached hydrogens (tertiary/aromatic N) is 1. The van der Waals surface area contributed by atoms with Crippen LogP contribution in [-0.2, 0) is 0 Å². The van der Waals surface area contributed by atoms with E-state index in [4.69, 9.17) is 0 Å². The van der Waals surface area contributed by atoms with Crippen molar-refractivity contribution in [3.8, 4) is 0 Å². The van der Waals surface area contributed by atoms with Crippen LogP contribution in [0.2, 0.25) is 0 Å². The molecule has 0 unspecified atom stereocenters. The van der Waals surface area contributed by atoms with Crippen molar-refractivity contribution in [1.82, 2.24) is 10.2 Å². The van der Waals surface area contributed by atoms with Crippen LogP contribution in [0.4, 0.5) is 0 Å². The summed E-state index contributed by atoms with van der Waals surface area (Å²) < 4.78 is 0. The van der Waals surface area contributed by atoms with Crippen LogP contribution in [0.1, 0.15) is 41.0 Å². The van der Waals surface area contributed by atoms with E-state index in [1.165, 1.54) is 6.42 Å². The van der Waals surface area contributed by atoms with Crippen molar-refractivity contribution >= 4 is 0 Å². The van der Waals surface area contributed by atoms with Crippen molar-refractivity contribution in [3.63, 3.8) is 0 Å². The SMILES string of the molecule is CN(C)CC(C)(C)CNCCC(C)(C)C. The zero-order chi connectivity index (χ0) is 12.1.